The van der Waals surface area contributed by atoms with Gasteiger partial charge in [0, 0.05) is 50.4 Å². The number of nitrogens with zero attached hydrogens (tertiary/aromatic N) is 8. The zero-order valence-electron chi connectivity index (χ0n) is 17.7. The molecule has 9 nitrogen and oxygen atoms in total. The van der Waals surface area contributed by atoms with Crippen molar-refractivity contribution in [1.82, 2.24) is 29.7 Å². The van der Waals surface area contributed by atoms with Gasteiger partial charge in [0.25, 0.3) is 0 Å². The Morgan fingerprint density at radius 2 is 2.03 bits per heavy atom. The summed E-state index contributed by atoms with van der Waals surface area (Å²) >= 11 is 0. The predicted octanol–water partition coefficient (Wildman–Crippen LogP) is 2.08. The van der Waals surface area contributed by atoms with Gasteiger partial charge in [-0.1, -0.05) is 0 Å². The van der Waals surface area contributed by atoms with Crippen LogP contribution in [0.15, 0.2) is 30.6 Å². The van der Waals surface area contributed by atoms with Gasteiger partial charge in [0.1, 0.15) is 23.1 Å². The lowest BCUT2D eigenvalue weighted by Crippen LogP contribution is -2.43. The zero-order chi connectivity index (χ0) is 21.8. The normalized spacial score (nSPS) is 18.8. The van der Waals surface area contributed by atoms with Gasteiger partial charge in [-0.25, -0.2) is 13.9 Å². The highest BCUT2D eigenvalue weighted by molar-refractivity contribution is 5.84. The lowest BCUT2D eigenvalue weighted by atomic mass is 10.1. The number of hydrogen-bond acceptors (Lipinski definition) is 7. The summed E-state index contributed by atoms with van der Waals surface area (Å²) in [6.45, 7) is 7.13. The minimum Gasteiger partial charge on any atom is -0.362 e. The number of pyridine rings is 2. The minimum absolute atomic E-state index is 0.0930. The zero-order valence-corrected chi connectivity index (χ0v) is 17.7. The summed E-state index contributed by atoms with van der Waals surface area (Å²) in [6.07, 6.45) is 3.07. The second kappa shape index (κ2) is 7.17. The third-order valence-electron chi connectivity index (χ3n) is 6.40. The van der Waals surface area contributed by atoms with Gasteiger partial charge < -0.3 is 15.1 Å². The molecule has 0 unspecified atom stereocenters. The average molecular weight is 431 g/mol. The van der Waals surface area contributed by atoms with E-state index in [-0.39, 0.29) is 6.04 Å². The maximum Gasteiger partial charge on any atom is 0.171 e. The highest BCUT2D eigenvalue weighted by Crippen LogP contribution is 2.34. The van der Waals surface area contributed by atoms with Crippen molar-refractivity contribution < 1.29 is 4.39 Å². The lowest BCUT2D eigenvalue weighted by Gasteiger charge is -2.34. The number of anilines is 2. The quantitative estimate of drug-likeness (QED) is 0.520. The maximum atomic E-state index is 14.6. The molecule has 0 radical (unpaired) electrons. The van der Waals surface area contributed by atoms with Crippen molar-refractivity contribution in [1.29, 1.82) is 5.26 Å². The monoisotopic (exact) mass is 431 g/mol. The Hall–Kier alpha value is -3.71. The largest absolute Gasteiger partial charge is 0.362 e. The molecule has 0 saturated carbocycles. The van der Waals surface area contributed by atoms with Crippen LogP contribution in [0.3, 0.4) is 0 Å². The SMILES string of the molecule is C[C@@H]1CN(c2ccc(C#N)n3ncc(F)c23)Cc2c3cnc(N4CCNCC4)cc3nn21. The summed E-state index contributed by atoms with van der Waals surface area (Å²) in [5, 5.41) is 22.7. The molecular formula is C22H22FN9. The van der Waals surface area contributed by atoms with Crippen molar-refractivity contribution in [3.63, 3.8) is 0 Å². The molecule has 1 saturated heterocycles. The first kappa shape index (κ1) is 19.0. The number of hydrogen-bond donors (Lipinski definition) is 1. The number of nitrogens with one attached hydrogen (secondary N) is 1. The summed E-state index contributed by atoms with van der Waals surface area (Å²) in [5.74, 6) is 0.519. The molecule has 2 aliphatic rings. The van der Waals surface area contributed by atoms with Crippen LogP contribution in [0.25, 0.3) is 16.4 Å². The van der Waals surface area contributed by atoms with E-state index in [1.165, 1.54) is 4.52 Å². The molecule has 1 fully saturated rings. The summed E-state index contributed by atoms with van der Waals surface area (Å²) in [7, 11) is 0. The Morgan fingerprint density at radius 3 is 2.84 bits per heavy atom. The van der Waals surface area contributed by atoms with E-state index < -0.39 is 5.82 Å². The van der Waals surface area contributed by atoms with Gasteiger partial charge in [-0.2, -0.15) is 15.5 Å². The van der Waals surface area contributed by atoms with Gasteiger partial charge in [-0.3, -0.25) is 4.68 Å². The van der Waals surface area contributed by atoms with E-state index >= 15 is 0 Å². The maximum absolute atomic E-state index is 14.6. The third kappa shape index (κ3) is 2.81. The summed E-state index contributed by atoms with van der Waals surface area (Å²) < 4.78 is 18.1. The fourth-order valence-corrected chi connectivity index (χ4v) is 4.84. The number of aromatic nitrogens is 5. The van der Waals surface area contributed by atoms with Crippen LogP contribution in [0.4, 0.5) is 15.9 Å². The van der Waals surface area contributed by atoms with Crippen molar-refractivity contribution in [3.05, 3.63) is 47.8 Å². The number of halogens is 1. The van der Waals surface area contributed by atoms with Crippen LogP contribution in [0.5, 0.6) is 0 Å². The lowest BCUT2D eigenvalue weighted by molar-refractivity contribution is 0.430. The predicted molar refractivity (Wildman–Crippen MR) is 118 cm³/mol. The number of piperazine rings is 1. The van der Waals surface area contributed by atoms with E-state index in [9.17, 15) is 9.65 Å². The van der Waals surface area contributed by atoms with Crippen LogP contribution in [0.1, 0.15) is 24.4 Å². The average Bonchev–Trinajstić information content (AvgIpc) is 3.40. The van der Waals surface area contributed by atoms with E-state index in [0.29, 0.717) is 24.3 Å². The van der Waals surface area contributed by atoms with E-state index in [1.54, 1.807) is 12.1 Å². The van der Waals surface area contributed by atoms with E-state index in [0.717, 1.165) is 60.5 Å². The van der Waals surface area contributed by atoms with Gasteiger partial charge in [-0.05, 0) is 19.1 Å². The standard InChI is InChI=1S/C22H22FN9/c1-14-12-30(19-3-2-15(9-24)32-22(19)17(23)11-27-32)13-20-16-10-26-21(8-18(16)28-31(14)20)29-6-4-25-5-7-29/h2-3,8,10-11,14,25H,4-7,12-13H2,1H3/t14-/m1/s1. The summed E-state index contributed by atoms with van der Waals surface area (Å²) in [6, 6.07) is 7.73. The molecule has 0 amide bonds. The molecule has 2 aliphatic heterocycles. The first-order valence-electron chi connectivity index (χ1n) is 10.8. The molecule has 4 aromatic heterocycles. The van der Waals surface area contributed by atoms with E-state index in [4.69, 9.17) is 10.1 Å². The first-order valence-corrected chi connectivity index (χ1v) is 10.8. The van der Waals surface area contributed by atoms with Crippen LogP contribution in [-0.4, -0.2) is 57.1 Å². The van der Waals surface area contributed by atoms with Crippen molar-refractivity contribution >= 4 is 27.9 Å². The topological polar surface area (TPSA) is 90.3 Å². The molecule has 4 aromatic rings. The Balaban J connectivity index is 1.41. The van der Waals surface area contributed by atoms with Crippen molar-refractivity contribution in [2.24, 2.45) is 0 Å². The molecule has 0 aliphatic carbocycles. The van der Waals surface area contributed by atoms with Gasteiger partial charge in [-0.15, -0.1) is 0 Å². The molecule has 1 atom stereocenters. The first-order chi connectivity index (χ1) is 15.6. The molecule has 6 heterocycles. The summed E-state index contributed by atoms with van der Waals surface area (Å²) in [5.41, 5.74) is 3.33. The van der Waals surface area contributed by atoms with Crippen LogP contribution in [-0.2, 0) is 6.54 Å². The fourth-order valence-electron chi connectivity index (χ4n) is 4.84. The fraction of sp³-hybridized carbons (Fsp3) is 0.364. The van der Waals surface area contributed by atoms with Gasteiger partial charge in [0.2, 0.25) is 0 Å². The minimum atomic E-state index is -0.434. The van der Waals surface area contributed by atoms with Gasteiger partial charge in [0.05, 0.1) is 35.7 Å². The molecule has 0 aromatic carbocycles. The van der Waals surface area contributed by atoms with Crippen LogP contribution < -0.4 is 15.1 Å². The Kier molecular flexibility index (Phi) is 4.26. The second-order valence-electron chi connectivity index (χ2n) is 8.39. The van der Waals surface area contributed by atoms with E-state index in [2.05, 4.69) is 44.0 Å². The Morgan fingerprint density at radius 1 is 1.19 bits per heavy atom. The van der Waals surface area contributed by atoms with Crippen LogP contribution in [0.2, 0.25) is 0 Å². The van der Waals surface area contributed by atoms with Crippen molar-refractivity contribution in [2.75, 3.05) is 42.5 Å². The molecule has 1 N–H and O–H groups in total. The van der Waals surface area contributed by atoms with Crippen molar-refractivity contribution in [2.45, 2.75) is 19.5 Å². The van der Waals surface area contributed by atoms with Gasteiger partial charge in [0.15, 0.2) is 5.82 Å². The third-order valence-corrected chi connectivity index (χ3v) is 6.40. The number of fused-ring (bicyclic) bond motifs is 4. The molecule has 32 heavy (non-hydrogen) atoms. The summed E-state index contributed by atoms with van der Waals surface area (Å²) in [4.78, 5) is 9.14. The number of nitriles is 1. The smallest absolute Gasteiger partial charge is 0.171 e. The second-order valence-corrected chi connectivity index (χ2v) is 8.39. The number of rotatable bonds is 2. The molecular weight excluding hydrogens is 409 g/mol. The molecule has 10 heteroatoms. The van der Waals surface area contributed by atoms with Crippen LogP contribution in [0, 0.1) is 17.1 Å². The van der Waals surface area contributed by atoms with E-state index in [1.807, 2.05) is 6.20 Å². The highest BCUT2D eigenvalue weighted by atomic mass is 19.1. The molecule has 162 valence electrons. The Labute approximate surface area is 183 Å². The highest BCUT2D eigenvalue weighted by Gasteiger charge is 2.28. The molecule has 0 bridgehead atoms. The van der Waals surface area contributed by atoms with Crippen LogP contribution >= 0.6 is 0 Å². The molecule has 0 spiro atoms. The molecule has 6 rings (SSSR count). The van der Waals surface area contributed by atoms with Crippen molar-refractivity contribution in [3.8, 4) is 6.07 Å². The van der Waals surface area contributed by atoms with Gasteiger partial charge >= 0.3 is 0 Å². The Bertz CT molecular complexity index is 1380.